The van der Waals surface area contributed by atoms with E-state index in [4.69, 9.17) is 4.74 Å². The highest BCUT2D eigenvalue weighted by Crippen LogP contribution is 2.50. The van der Waals surface area contributed by atoms with E-state index in [1.807, 2.05) is 20.8 Å². The third-order valence-corrected chi connectivity index (χ3v) is 3.55. The number of carbonyl (C=O) groups is 1. The standard InChI is InChI=1S/C12H20O2/c1-12(2,3)14-11(13)10-7-5-8-4-6-9(8)10/h8-10H,4-7H2,1-3H3. The molecule has 2 aliphatic rings. The van der Waals surface area contributed by atoms with Gasteiger partial charge in [0.05, 0.1) is 5.92 Å². The normalized spacial score (nSPS) is 36.1. The van der Waals surface area contributed by atoms with Crippen LogP contribution in [0.1, 0.15) is 46.5 Å². The highest BCUT2D eigenvalue weighted by Gasteiger charge is 2.46. The van der Waals surface area contributed by atoms with E-state index in [-0.39, 0.29) is 17.5 Å². The van der Waals surface area contributed by atoms with Crippen LogP contribution in [0.15, 0.2) is 0 Å². The molecule has 2 aliphatic carbocycles. The number of carbonyl (C=O) groups excluding carboxylic acids is 1. The Labute approximate surface area is 86.0 Å². The lowest BCUT2D eigenvalue weighted by Crippen LogP contribution is -2.34. The molecule has 80 valence electrons. The van der Waals surface area contributed by atoms with Gasteiger partial charge in [0.25, 0.3) is 0 Å². The molecule has 2 rings (SSSR count). The summed E-state index contributed by atoms with van der Waals surface area (Å²) in [7, 11) is 0. The largest absolute Gasteiger partial charge is 0.460 e. The van der Waals surface area contributed by atoms with Gasteiger partial charge in [0.15, 0.2) is 0 Å². The topological polar surface area (TPSA) is 26.3 Å². The smallest absolute Gasteiger partial charge is 0.309 e. The van der Waals surface area contributed by atoms with Crippen molar-refractivity contribution < 1.29 is 9.53 Å². The quantitative estimate of drug-likeness (QED) is 0.603. The van der Waals surface area contributed by atoms with Crippen LogP contribution in [-0.2, 0) is 9.53 Å². The van der Waals surface area contributed by atoms with Crippen molar-refractivity contribution in [3.63, 3.8) is 0 Å². The molecule has 3 unspecified atom stereocenters. The van der Waals surface area contributed by atoms with Crippen molar-refractivity contribution in [2.75, 3.05) is 0 Å². The number of hydrogen-bond acceptors (Lipinski definition) is 2. The van der Waals surface area contributed by atoms with Crippen LogP contribution >= 0.6 is 0 Å². The number of esters is 1. The van der Waals surface area contributed by atoms with Crippen LogP contribution in [0.25, 0.3) is 0 Å². The van der Waals surface area contributed by atoms with Crippen molar-refractivity contribution in [3.8, 4) is 0 Å². The van der Waals surface area contributed by atoms with E-state index in [9.17, 15) is 4.79 Å². The first-order valence-corrected chi connectivity index (χ1v) is 5.70. The molecule has 0 N–H and O–H groups in total. The monoisotopic (exact) mass is 196 g/mol. The first-order valence-electron chi connectivity index (χ1n) is 5.70. The van der Waals surface area contributed by atoms with Crippen LogP contribution in [-0.4, -0.2) is 11.6 Å². The zero-order valence-corrected chi connectivity index (χ0v) is 9.38. The number of fused-ring (bicyclic) bond motifs is 1. The summed E-state index contributed by atoms with van der Waals surface area (Å²) in [5.41, 5.74) is -0.321. The van der Waals surface area contributed by atoms with E-state index < -0.39 is 0 Å². The fourth-order valence-electron chi connectivity index (χ4n) is 2.76. The molecule has 0 radical (unpaired) electrons. The Balaban J connectivity index is 1.92. The zero-order chi connectivity index (χ0) is 10.3. The van der Waals surface area contributed by atoms with E-state index >= 15 is 0 Å². The molecule has 0 spiro atoms. The van der Waals surface area contributed by atoms with Gasteiger partial charge in [0.1, 0.15) is 5.60 Å². The van der Waals surface area contributed by atoms with Crippen molar-refractivity contribution in [1.29, 1.82) is 0 Å². The summed E-state index contributed by atoms with van der Waals surface area (Å²) in [5.74, 6) is 1.76. The molecule has 0 aromatic carbocycles. The lowest BCUT2D eigenvalue weighted by atomic mass is 9.73. The van der Waals surface area contributed by atoms with Crippen LogP contribution < -0.4 is 0 Å². The van der Waals surface area contributed by atoms with Crippen LogP contribution in [0.5, 0.6) is 0 Å². The summed E-state index contributed by atoms with van der Waals surface area (Å²) in [6, 6.07) is 0. The predicted molar refractivity (Wildman–Crippen MR) is 54.8 cm³/mol. The summed E-state index contributed by atoms with van der Waals surface area (Å²) in [6.07, 6.45) is 4.89. The van der Waals surface area contributed by atoms with Gasteiger partial charge in [-0.2, -0.15) is 0 Å². The summed E-state index contributed by atoms with van der Waals surface area (Å²) in [5, 5.41) is 0. The Morgan fingerprint density at radius 2 is 1.79 bits per heavy atom. The molecule has 0 heterocycles. The fraction of sp³-hybridized carbons (Fsp3) is 0.917. The SMILES string of the molecule is CC(C)(C)OC(=O)C1CCC2CCC21. The lowest BCUT2D eigenvalue weighted by molar-refractivity contribution is -0.162. The summed E-state index contributed by atoms with van der Waals surface area (Å²) in [4.78, 5) is 11.8. The van der Waals surface area contributed by atoms with Gasteiger partial charge in [-0.3, -0.25) is 4.79 Å². The van der Waals surface area contributed by atoms with E-state index in [0.29, 0.717) is 5.92 Å². The van der Waals surface area contributed by atoms with Crippen molar-refractivity contribution in [1.82, 2.24) is 0 Å². The van der Waals surface area contributed by atoms with Crippen molar-refractivity contribution in [2.45, 2.75) is 52.1 Å². The van der Waals surface area contributed by atoms with E-state index in [1.54, 1.807) is 0 Å². The highest BCUT2D eigenvalue weighted by molar-refractivity contribution is 5.73. The predicted octanol–water partition coefficient (Wildman–Crippen LogP) is 2.76. The minimum absolute atomic E-state index is 0.0460. The van der Waals surface area contributed by atoms with E-state index in [2.05, 4.69) is 0 Å². The van der Waals surface area contributed by atoms with Gasteiger partial charge in [-0.25, -0.2) is 0 Å². The van der Waals surface area contributed by atoms with E-state index in [0.717, 1.165) is 12.3 Å². The summed E-state index contributed by atoms with van der Waals surface area (Å²) >= 11 is 0. The Hall–Kier alpha value is -0.530. The Morgan fingerprint density at radius 3 is 2.21 bits per heavy atom. The van der Waals surface area contributed by atoms with Gasteiger partial charge in [-0.05, 0) is 58.3 Å². The fourth-order valence-corrected chi connectivity index (χ4v) is 2.76. The first-order chi connectivity index (χ1) is 6.47. The second-order valence-corrected chi connectivity index (χ2v) is 5.72. The zero-order valence-electron chi connectivity index (χ0n) is 9.38. The van der Waals surface area contributed by atoms with Crippen molar-refractivity contribution in [2.24, 2.45) is 17.8 Å². The lowest BCUT2D eigenvalue weighted by Gasteiger charge is -2.34. The second kappa shape index (κ2) is 3.25. The minimum atomic E-state index is -0.321. The minimum Gasteiger partial charge on any atom is -0.460 e. The Morgan fingerprint density at radius 1 is 1.14 bits per heavy atom. The Kier molecular flexibility index (Phi) is 2.32. The highest BCUT2D eigenvalue weighted by atomic mass is 16.6. The molecule has 2 saturated carbocycles. The van der Waals surface area contributed by atoms with Crippen LogP contribution in [0.4, 0.5) is 0 Å². The molecule has 3 atom stereocenters. The van der Waals surface area contributed by atoms with Crippen LogP contribution in [0.2, 0.25) is 0 Å². The molecule has 0 saturated heterocycles. The number of hydrogen-bond donors (Lipinski definition) is 0. The van der Waals surface area contributed by atoms with Gasteiger partial charge in [0, 0.05) is 0 Å². The first kappa shape index (κ1) is 10.0. The molecular weight excluding hydrogens is 176 g/mol. The summed E-state index contributed by atoms with van der Waals surface area (Å²) < 4.78 is 5.44. The molecule has 2 heteroatoms. The van der Waals surface area contributed by atoms with Crippen molar-refractivity contribution in [3.05, 3.63) is 0 Å². The molecule has 14 heavy (non-hydrogen) atoms. The van der Waals surface area contributed by atoms with Crippen LogP contribution in [0.3, 0.4) is 0 Å². The molecule has 0 bridgehead atoms. The van der Waals surface area contributed by atoms with Gasteiger partial charge in [-0.15, -0.1) is 0 Å². The molecule has 2 fully saturated rings. The van der Waals surface area contributed by atoms with Gasteiger partial charge < -0.3 is 4.74 Å². The van der Waals surface area contributed by atoms with Gasteiger partial charge in [0.2, 0.25) is 0 Å². The molecule has 0 aliphatic heterocycles. The molecule has 0 amide bonds. The number of ether oxygens (including phenoxy) is 1. The van der Waals surface area contributed by atoms with Crippen molar-refractivity contribution >= 4 is 5.97 Å². The maximum absolute atomic E-state index is 11.8. The second-order valence-electron chi connectivity index (χ2n) is 5.72. The van der Waals surface area contributed by atoms with E-state index in [1.165, 1.54) is 19.3 Å². The average Bonchev–Trinajstić information content (AvgIpc) is 2.22. The summed E-state index contributed by atoms with van der Waals surface area (Å²) in [6.45, 7) is 5.83. The molecule has 2 nitrogen and oxygen atoms in total. The number of rotatable bonds is 1. The van der Waals surface area contributed by atoms with Crippen LogP contribution in [0, 0.1) is 17.8 Å². The molecular formula is C12H20O2. The van der Waals surface area contributed by atoms with Gasteiger partial charge >= 0.3 is 5.97 Å². The maximum atomic E-state index is 11.8. The maximum Gasteiger partial charge on any atom is 0.309 e. The third kappa shape index (κ3) is 1.79. The van der Waals surface area contributed by atoms with Gasteiger partial charge in [-0.1, -0.05) is 0 Å². The molecule has 0 aromatic rings. The average molecular weight is 196 g/mol. The molecule has 0 aromatic heterocycles. The Bertz CT molecular complexity index is 239. The third-order valence-electron chi connectivity index (χ3n) is 3.55.